The Bertz CT molecular complexity index is 1040. The minimum Gasteiger partial charge on any atom is -0.423 e. The van der Waals surface area contributed by atoms with Crippen molar-refractivity contribution in [2.24, 2.45) is 0 Å². The number of halogens is 3. The first-order valence-electron chi connectivity index (χ1n) is 7.71. The number of hydrogen-bond acceptors (Lipinski definition) is 4. The highest BCUT2D eigenvalue weighted by Gasteiger charge is 2.30. The Hall–Kier alpha value is -2.94. The lowest BCUT2D eigenvalue weighted by molar-refractivity contribution is -0.137. The lowest BCUT2D eigenvalue weighted by Crippen LogP contribution is -2.09. The van der Waals surface area contributed by atoms with Gasteiger partial charge < -0.3 is 14.5 Å². The molecule has 2 N–H and O–H groups in total. The Morgan fingerprint density at radius 1 is 1.11 bits per heavy atom. The van der Waals surface area contributed by atoms with Crippen molar-refractivity contribution >= 4 is 33.0 Å². The molecule has 1 unspecified atom stereocenters. The topological polar surface area (TPSA) is 67.2 Å². The van der Waals surface area contributed by atoms with Gasteiger partial charge in [-0.05, 0) is 36.2 Å². The molecule has 0 radical (unpaired) electrons. The number of oxazole rings is 1. The molecule has 0 saturated carbocycles. The zero-order valence-corrected chi connectivity index (χ0v) is 15.0. The molecule has 0 bridgehead atoms. The van der Waals surface area contributed by atoms with Gasteiger partial charge in [-0.1, -0.05) is 18.2 Å². The van der Waals surface area contributed by atoms with E-state index in [-0.39, 0.29) is 6.01 Å². The Morgan fingerprint density at radius 2 is 1.78 bits per heavy atom. The first kappa shape index (κ1) is 18.8. The molecule has 0 aliphatic heterocycles. The van der Waals surface area contributed by atoms with E-state index in [0.717, 1.165) is 12.1 Å². The zero-order valence-electron chi connectivity index (χ0n) is 14.2. The van der Waals surface area contributed by atoms with Gasteiger partial charge in [-0.25, -0.2) is 9.19 Å². The molecule has 142 valence electrons. The van der Waals surface area contributed by atoms with Crippen molar-refractivity contribution in [1.82, 2.24) is 4.98 Å². The molecule has 2 aromatic carbocycles. The fraction of sp³-hybridized carbons (Fsp3) is 0.111. The van der Waals surface area contributed by atoms with E-state index >= 15 is 0 Å². The summed E-state index contributed by atoms with van der Waals surface area (Å²) in [5, 5.41) is 2.94. The lowest BCUT2D eigenvalue weighted by Gasteiger charge is -2.09. The molecular formula is C18H16F3N3O2S. The maximum absolute atomic E-state index is 12.6. The Labute approximate surface area is 154 Å². The van der Waals surface area contributed by atoms with Gasteiger partial charge in [0.1, 0.15) is 0 Å². The van der Waals surface area contributed by atoms with E-state index in [1.54, 1.807) is 24.3 Å². The van der Waals surface area contributed by atoms with Crippen LogP contribution in [0.25, 0.3) is 11.3 Å². The van der Waals surface area contributed by atoms with E-state index < -0.39 is 21.4 Å². The van der Waals surface area contributed by atoms with Gasteiger partial charge in [0.25, 0.3) is 6.01 Å². The normalized spacial score (nSPS) is 13.8. The number of alkyl halides is 3. The maximum Gasteiger partial charge on any atom is 0.416 e. The highest BCUT2D eigenvalue weighted by Crippen LogP contribution is 2.31. The van der Waals surface area contributed by atoms with Crippen molar-refractivity contribution in [3.05, 3.63) is 60.3 Å². The van der Waals surface area contributed by atoms with Gasteiger partial charge in [-0.15, -0.1) is 0 Å². The van der Waals surface area contributed by atoms with Gasteiger partial charge in [-0.2, -0.15) is 13.2 Å². The molecule has 1 aromatic heterocycles. The molecule has 9 heteroatoms. The van der Waals surface area contributed by atoms with E-state index in [1.165, 1.54) is 24.6 Å². The molecule has 0 aliphatic rings. The number of aromatic nitrogens is 1. The fourth-order valence-electron chi connectivity index (χ4n) is 2.32. The number of benzene rings is 2. The second-order valence-corrected chi connectivity index (χ2v) is 8.13. The highest BCUT2D eigenvalue weighted by atomic mass is 32.2. The number of anilines is 3. The van der Waals surface area contributed by atoms with Crippen molar-refractivity contribution in [1.29, 1.82) is 0 Å². The van der Waals surface area contributed by atoms with E-state index in [4.69, 9.17) is 4.42 Å². The van der Waals surface area contributed by atoms with Gasteiger partial charge >= 0.3 is 6.18 Å². The first-order chi connectivity index (χ1) is 12.6. The van der Waals surface area contributed by atoms with Crippen LogP contribution in [0.15, 0.2) is 59.1 Å². The number of nitrogens with one attached hydrogen (secondary N) is 2. The van der Waals surface area contributed by atoms with Crippen molar-refractivity contribution < 1.29 is 21.8 Å². The molecule has 3 rings (SSSR count). The van der Waals surface area contributed by atoms with E-state index in [1.807, 2.05) is 0 Å². The summed E-state index contributed by atoms with van der Waals surface area (Å²) in [4.78, 5) is 4.07. The Balaban J connectivity index is 1.76. The minimum atomic E-state index is -4.39. The average molecular weight is 395 g/mol. The van der Waals surface area contributed by atoms with Crippen LogP contribution in [0.2, 0.25) is 0 Å². The average Bonchev–Trinajstić information content (AvgIpc) is 3.01. The lowest BCUT2D eigenvalue weighted by atomic mass is 10.1. The Morgan fingerprint density at radius 3 is 2.41 bits per heavy atom. The molecule has 1 heterocycles. The van der Waals surface area contributed by atoms with Crippen LogP contribution >= 0.6 is 0 Å². The second kappa shape index (κ2) is 6.99. The summed E-state index contributed by atoms with van der Waals surface area (Å²) < 4.78 is 58.0. The summed E-state index contributed by atoms with van der Waals surface area (Å²) in [6.07, 6.45) is -1.49. The molecule has 0 fully saturated rings. The molecule has 0 spiro atoms. The van der Waals surface area contributed by atoms with Gasteiger partial charge in [0, 0.05) is 32.9 Å². The van der Waals surface area contributed by atoms with Crippen LogP contribution in [0.5, 0.6) is 0 Å². The van der Waals surface area contributed by atoms with Crippen molar-refractivity contribution in [2.45, 2.75) is 6.18 Å². The molecule has 0 amide bonds. The van der Waals surface area contributed by atoms with E-state index in [2.05, 4.69) is 20.9 Å². The summed E-state index contributed by atoms with van der Waals surface area (Å²) in [6.45, 7) is 0. The molecule has 27 heavy (non-hydrogen) atoms. The van der Waals surface area contributed by atoms with Crippen LogP contribution in [0.1, 0.15) is 5.56 Å². The summed E-state index contributed by atoms with van der Waals surface area (Å²) in [5.41, 5.74) is 0.981. The summed E-state index contributed by atoms with van der Waals surface area (Å²) in [7, 11) is -2.41. The van der Waals surface area contributed by atoms with E-state index in [9.17, 15) is 17.4 Å². The minimum absolute atomic E-state index is 0.175. The monoisotopic (exact) mass is 395 g/mol. The smallest absolute Gasteiger partial charge is 0.416 e. The van der Waals surface area contributed by atoms with Crippen LogP contribution in [0, 0.1) is 0 Å². The molecule has 1 atom stereocenters. The fourth-order valence-corrected chi connectivity index (χ4v) is 2.95. The van der Waals surface area contributed by atoms with Gasteiger partial charge in [-0.3, -0.25) is 0 Å². The van der Waals surface area contributed by atoms with E-state index in [0.29, 0.717) is 22.7 Å². The van der Waals surface area contributed by atoms with Crippen molar-refractivity contribution in [3.63, 3.8) is 0 Å². The number of hydrogen-bond donors (Lipinski definition) is 2. The zero-order chi connectivity index (χ0) is 19.7. The number of nitrogens with zero attached hydrogens (tertiary/aromatic N) is 1. The molecular weight excluding hydrogens is 379 g/mol. The third kappa shape index (κ3) is 5.04. The molecule has 5 nitrogen and oxygen atoms in total. The molecule has 0 saturated heterocycles. The SMILES string of the molecule is C=S(C)(=O)Nc1cccc(Nc2ncc(-c3ccc(C(F)(F)F)cc3)o2)c1. The van der Waals surface area contributed by atoms with Gasteiger partial charge in [0.15, 0.2) is 5.76 Å². The van der Waals surface area contributed by atoms with Crippen LogP contribution in [0.3, 0.4) is 0 Å². The number of rotatable bonds is 5. The second-order valence-electron chi connectivity index (χ2n) is 5.92. The predicted octanol–water partition coefficient (Wildman–Crippen LogP) is 4.78. The summed E-state index contributed by atoms with van der Waals surface area (Å²) in [6, 6.07) is 11.7. The largest absolute Gasteiger partial charge is 0.423 e. The summed E-state index contributed by atoms with van der Waals surface area (Å²) in [5.74, 6) is 3.86. The third-order valence-corrected chi connectivity index (χ3v) is 4.12. The van der Waals surface area contributed by atoms with Crippen molar-refractivity contribution in [2.75, 3.05) is 16.3 Å². The maximum atomic E-state index is 12.6. The van der Waals surface area contributed by atoms with Crippen LogP contribution in [-0.4, -0.2) is 21.3 Å². The molecule has 0 aliphatic carbocycles. The van der Waals surface area contributed by atoms with Crippen LogP contribution in [-0.2, 0) is 15.9 Å². The quantitative estimate of drug-likeness (QED) is 0.611. The Kier molecular flexibility index (Phi) is 4.88. The third-order valence-electron chi connectivity index (χ3n) is 3.45. The van der Waals surface area contributed by atoms with Crippen molar-refractivity contribution in [3.8, 4) is 11.3 Å². The first-order valence-corrected chi connectivity index (χ1v) is 9.84. The highest BCUT2D eigenvalue weighted by molar-refractivity contribution is 8.00. The standard InChI is InChI=1S/C18H16F3N3O2S/c1-27(2,25)24-15-5-3-4-14(10-15)23-17-22-11-16(26-17)12-6-8-13(9-7-12)18(19,20)21/h3-11H,1H2,2H3,(H,22,23)(H,24,25). The van der Waals surface area contributed by atoms with Gasteiger partial charge in [0.2, 0.25) is 0 Å². The van der Waals surface area contributed by atoms with Gasteiger partial charge in [0.05, 0.1) is 11.8 Å². The predicted molar refractivity (Wildman–Crippen MR) is 101 cm³/mol. The molecule has 3 aromatic rings. The van der Waals surface area contributed by atoms with Crippen LogP contribution in [0.4, 0.5) is 30.6 Å². The van der Waals surface area contributed by atoms with Crippen LogP contribution < -0.4 is 10.0 Å². The summed E-state index contributed by atoms with van der Waals surface area (Å²) >= 11 is 0.